The Morgan fingerprint density at radius 2 is 1.72 bits per heavy atom. The Labute approximate surface area is 232 Å². The first-order valence-electron chi connectivity index (χ1n) is 12.8. The molecule has 8 heteroatoms. The fraction of sp³-hybridized carbons (Fsp3) is 0.258. The number of thioether (sulfide) groups is 1. The van der Waals surface area contributed by atoms with E-state index in [0.717, 1.165) is 28.6 Å². The van der Waals surface area contributed by atoms with E-state index in [1.54, 1.807) is 48.5 Å². The van der Waals surface area contributed by atoms with Crippen molar-refractivity contribution >= 4 is 35.0 Å². The molecule has 1 aliphatic heterocycles. The zero-order valence-electron chi connectivity index (χ0n) is 22.4. The van der Waals surface area contributed by atoms with Crippen LogP contribution in [0.5, 0.6) is 17.2 Å². The molecule has 0 N–H and O–H groups in total. The van der Waals surface area contributed by atoms with E-state index in [2.05, 4.69) is 13.8 Å². The molecule has 3 aromatic rings. The van der Waals surface area contributed by atoms with E-state index >= 15 is 0 Å². The monoisotopic (exact) mass is 545 g/mol. The summed E-state index contributed by atoms with van der Waals surface area (Å²) in [6, 6.07) is 19.7. The Balaban J connectivity index is 1.45. The summed E-state index contributed by atoms with van der Waals surface area (Å²) in [5.41, 5.74) is 3.22. The van der Waals surface area contributed by atoms with Crippen molar-refractivity contribution in [2.24, 2.45) is 0 Å². The molecular formula is C31H31NO6S. The summed E-state index contributed by atoms with van der Waals surface area (Å²) in [5, 5.41) is -0.346. The van der Waals surface area contributed by atoms with Gasteiger partial charge in [-0.15, -0.1) is 0 Å². The number of hydrogen-bond donors (Lipinski definition) is 0. The van der Waals surface area contributed by atoms with Crippen molar-refractivity contribution in [1.29, 1.82) is 0 Å². The third-order valence-corrected chi connectivity index (χ3v) is 6.92. The largest absolute Gasteiger partial charge is 0.491 e. The van der Waals surface area contributed by atoms with Crippen LogP contribution in [0.1, 0.15) is 53.7 Å². The molecule has 7 nitrogen and oxygen atoms in total. The predicted molar refractivity (Wildman–Crippen MR) is 152 cm³/mol. The van der Waals surface area contributed by atoms with E-state index in [1.165, 1.54) is 4.90 Å². The second kappa shape index (κ2) is 12.7. The third kappa shape index (κ3) is 6.89. The fourth-order valence-electron chi connectivity index (χ4n) is 4.03. The molecule has 39 heavy (non-hydrogen) atoms. The normalized spacial score (nSPS) is 14.3. The Hall–Kier alpha value is -4.04. The lowest BCUT2D eigenvalue weighted by molar-refractivity contribution is -0.123. The summed E-state index contributed by atoms with van der Waals surface area (Å²) in [5.74, 6) is 0.810. The average molecular weight is 546 g/mol. The number of carbonyl (C=O) groups is 3. The van der Waals surface area contributed by atoms with Crippen molar-refractivity contribution in [3.8, 4) is 17.2 Å². The molecule has 3 aromatic carbocycles. The number of hydrogen-bond acceptors (Lipinski definition) is 7. The van der Waals surface area contributed by atoms with Crippen LogP contribution in [0, 0.1) is 6.92 Å². The van der Waals surface area contributed by atoms with Crippen LogP contribution in [-0.2, 0) is 4.79 Å². The summed E-state index contributed by atoms with van der Waals surface area (Å²) in [7, 11) is 0. The topological polar surface area (TPSA) is 82.1 Å². The van der Waals surface area contributed by atoms with Gasteiger partial charge in [-0.1, -0.05) is 50.2 Å². The van der Waals surface area contributed by atoms with Gasteiger partial charge < -0.3 is 14.2 Å². The zero-order valence-corrected chi connectivity index (χ0v) is 23.2. The predicted octanol–water partition coefficient (Wildman–Crippen LogP) is 6.85. The number of rotatable bonds is 10. The smallest absolute Gasteiger partial charge is 0.343 e. The molecule has 4 rings (SSSR count). The number of esters is 1. The highest BCUT2D eigenvalue weighted by atomic mass is 32.2. The quantitative estimate of drug-likeness (QED) is 0.156. The number of ether oxygens (including phenoxy) is 3. The average Bonchev–Trinajstić information content (AvgIpc) is 3.18. The van der Waals surface area contributed by atoms with Crippen molar-refractivity contribution in [3.05, 3.63) is 93.9 Å². The number of nitrogens with zero attached hydrogens (tertiary/aromatic N) is 1. The Morgan fingerprint density at radius 1 is 0.949 bits per heavy atom. The molecule has 0 bridgehead atoms. The molecule has 1 saturated heterocycles. The maximum atomic E-state index is 13.0. The van der Waals surface area contributed by atoms with Gasteiger partial charge in [-0.3, -0.25) is 14.5 Å². The van der Waals surface area contributed by atoms with Crippen LogP contribution in [0.3, 0.4) is 0 Å². The van der Waals surface area contributed by atoms with E-state index in [-0.39, 0.29) is 36.0 Å². The van der Waals surface area contributed by atoms with Gasteiger partial charge >= 0.3 is 5.97 Å². The SMILES string of the molecule is CCOc1cc(/C=C2\SC(=O)N(CCOc3cc(C)ccc3C(C)C)C2=O)ccc1OC(=O)c1ccccc1. The Kier molecular flexibility index (Phi) is 9.09. The van der Waals surface area contributed by atoms with Crippen LogP contribution in [0.25, 0.3) is 6.08 Å². The van der Waals surface area contributed by atoms with Gasteiger partial charge in [0.1, 0.15) is 12.4 Å². The van der Waals surface area contributed by atoms with E-state index in [9.17, 15) is 14.4 Å². The van der Waals surface area contributed by atoms with Crippen LogP contribution < -0.4 is 14.2 Å². The van der Waals surface area contributed by atoms with Gasteiger partial charge in [-0.25, -0.2) is 4.79 Å². The van der Waals surface area contributed by atoms with E-state index < -0.39 is 5.97 Å². The third-order valence-electron chi connectivity index (χ3n) is 6.01. The number of benzene rings is 3. The first-order chi connectivity index (χ1) is 18.8. The molecule has 0 radical (unpaired) electrons. The van der Waals surface area contributed by atoms with Crippen molar-refractivity contribution in [1.82, 2.24) is 4.90 Å². The molecular weight excluding hydrogens is 514 g/mol. The second-order valence-corrected chi connectivity index (χ2v) is 10.3. The molecule has 1 fully saturated rings. The highest BCUT2D eigenvalue weighted by molar-refractivity contribution is 8.18. The minimum Gasteiger partial charge on any atom is -0.491 e. The molecule has 0 saturated carbocycles. The molecule has 1 aliphatic rings. The fourth-order valence-corrected chi connectivity index (χ4v) is 4.90. The number of carbonyl (C=O) groups excluding carboxylic acids is 3. The Bertz CT molecular complexity index is 1400. The van der Waals surface area contributed by atoms with E-state index in [4.69, 9.17) is 14.2 Å². The molecule has 2 amide bonds. The lowest BCUT2D eigenvalue weighted by Gasteiger charge is -2.17. The molecule has 1 heterocycles. The first kappa shape index (κ1) is 28.0. The van der Waals surface area contributed by atoms with Crippen LogP contribution in [-0.4, -0.2) is 41.8 Å². The number of imide groups is 1. The van der Waals surface area contributed by atoms with Crippen LogP contribution in [0.15, 0.2) is 71.6 Å². The van der Waals surface area contributed by atoms with Gasteiger partial charge in [0.05, 0.1) is 23.6 Å². The molecule has 202 valence electrons. The maximum Gasteiger partial charge on any atom is 0.343 e. The minimum atomic E-state index is -0.501. The van der Waals surface area contributed by atoms with E-state index in [0.29, 0.717) is 28.4 Å². The van der Waals surface area contributed by atoms with Gasteiger partial charge in [0.25, 0.3) is 11.1 Å². The second-order valence-electron chi connectivity index (χ2n) is 9.27. The molecule has 0 aromatic heterocycles. The van der Waals surface area contributed by atoms with Crippen molar-refractivity contribution in [2.75, 3.05) is 19.8 Å². The van der Waals surface area contributed by atoms with Crippen LogP contribution >= 0.6 is 11.8 Å². The summed E-state index contributed by atoms with van der Waals surface area (Å²) in [6.45, 7) is 8.70. The lowest BCUT2D eigenvalue weighted by Crippen LogP contribution is -2.32. The number of amides is 2. The van der Waals surface area contributed by atoms with Crippen molar-refractivity contribution in [2.45, 2.75) is 33.6 Å². The highest BCUT2D eigenvalue weighted by Crippen LogP contribution is 2.35. The highest BCUT2D eigenvalue weighted by Gasteiger charge is 2.35. The van der Waals surface area contributed by atoms with Crippen LogP contribution in [0.4, 0.5) is 4.79 Å². The van der Waals surface area contributed by atoms with Gasteiger partial charge in [0.2, 0.25) is 0 Å². The van der Waals surface area contributed by atoms with Crippen molar-refractivity contribution < 1.29 is 28.6 Å². The van der Waals surface area contributed by atoms with Crippen molar-refractivity contribution in [3.63, 3.8) is 0 Å². The van der Waals surface area contributed by atoms with Gasteiger partial charge in [-0.2, -0.15) is 0 Å². The summed E-state index contributed by atoms with van der Waals surface area (Å²) in [4.78, 5) is 39.7. The summed E-state index contributed by atoms with van der Waals surface area (Å²) < 4.78 is 17.2. The molecule has 0 aliphatic carbocycles. The Morgan fingerprint density at radius 3 is 2.44 bits per heavy atom. The molecule has 0 atom stereocenters. The van der Waals surface area contributed by atoms with Gasteiger partial charge in [-0.05, 0) is 84.6 Å². The molecule has 0 spiro atoms. The van der Waals surface area contributed by atoms with Crippen LogP contribution in [0.2, 0.25) is 0 Å². The zero-order chi connectivity index (χ0) is 27.9. The van der Waals surface area contributed by atoms with E-state index in [1.807, 2.05) is 38.1 Å². The number of aryl methyl sites for hydroxylation is 1. The summed E-state index contributed by atoms with van der Waals surface area (Å²) in [6.07, 6.45) is 1.63. The minimum absolute atomic E-state index is 0.145. The molecule has 0 unspecified atom stereocenters. The standard InChI is InChI=1S/C31H31NO6S/c1-5-36-27-18-22(12-14-25(27)38-30(34)23-9-7-6-8-10-23)19-28-29(33)32(31(35)39-28)15-16-37-26-17-21(4)11-13-24(26)20(2)3/h6-14,17-20H,5,15-16H2,1-4H3/b28-19-. The van der Waals surface area contributed by atoms with Gasteiger partial charge in [0, 0.05) is 0 Å². The summed E-state index contributed by atoms with van der Waals surface area (Å²) >= 11 is 0.882. The first-order valence-corrected chi connectivity index (χ1v) is 13.6. The maximum absolute atomic E-state index is 13.0. The van der Waals surface area contributed by atoms with Gasteiger partial charge in [0.15, 0.2) is 11.5 Å². The lowest BCUT2D eigenvalue weighted by atomic mass is 10.0.